The Morgan fingerprint density at radius 1 is 1.45 bits per heavy atom. The lowest BCUT2D eigenvalue weighted by atomic mass is 10.2. The monoisotopic (exact) mass is 341 g/mol. The molecule has 0 aliphatic carbocycles. The molecule has 0 N–H and O–H groups in total. The van der Waals surface area contributed by atoms with E-state index in [1.54, 1.807) is 13.0 Å². The van der Waals surface area contributed by atoms with Gasteiger partial charge in [0.2, 0.25) is 11.7 Å². The van der Waals surface area contributed by atoms with Crippen LogP contribution in [-0.2, 0) is 11.2 Å². The van der Waals surface area contributed by atoms with E-state index in [0.717, 1.165) is 0 Å². The third kappa shape index (κ3) is 2.90. The number of oxazole rings is 1. The largest absolute Gasteiger partial charge is 0.460 e. The molecule has 20 heavy (non-hydrogen) atoms. The van der Waals surface area contributed by atoms with E-state index in [1.807, 2.05) is 6.92 Å². The van der Waals surface area contributed by atoms with E-state index in [1.165, 1.54) is 12.1 Å². The summed E-state index contributed by atoms with van der Waals surface area (Å²) in [5.41, 5.74) is 0.949. The maximum Gasteiger partial charge on any atom is 0.376 e. The summed E-state index contributed by atoms with van der Waals surface area (Å²) in [6, 6.07) is 4.18. The van der Waals surface area contributed by atoms with Gasteiger partial charge in [-0.05, 0) is 47.5 Å². The number of esters is 1. The van der Waals surface area contributed by atoms with Gasteiger partial charge in [0.05, 0.1) is 17.9 Å². The van der Waals surface area contributed by atoms with Crippen molar-refractivity contribution in [1.29, 1.82) is 0 Å². The van der Waals surface area contributed by atoms with E-state index < -0.39 is 11.8 Å². The lowest BCUT2D eigenvalue weighted by molar-refractivity contribution is 0.0489. The molecule has 0 fully saturated rings. The number of hydrogen-bond acceptors (Lipinski definition) is 4. The Morgan fingerprint density at radius 2 is 2.20 bits per heavy atom. The molecule has 106 valence electrons. The summed E-state index contributed by atoms with van der Waals surface area (Å²) in [7, 11) is 0. The van der Waals surface area contributed by atoms with Gasteiger partial charge in [0.25, 0.3) is 0 Å². The predicted octanol–water partition coefficient (Wildman–Crippen LogP) is 3.98. The standard InChI is InChI=1S/C14H13BrFNO3/c1-3-11-12(14(18)19-4-2)20-13(17-11)9-7-8(16)5-6-10(9)15/h5-7H,3-4H2,1-2H3. The van der Waals surface area contributed by atoms with Gasteiger partial charge in [0, 0.05) is 4.47 Å². The molecule has 0 bridgehead atoms. The van der Waals surface area contributed by atoms with Crippen LogP contribution in [0.15, 0.2) is 27.1 Å². The first kappa shape index (κ1) is 14.7. The molecule has 6 heteroatoms. The minimum Gasteiger partial charge on any atom is -0.460 e. The van der Waals surface area contributed by atoms with Gasteiger partial charge < -0.3 is 9.15 Å². The number of aryl methyl sites for hydroxylation is 1. The average Bonchev–Trinajstić information content (AvgIpc) is 2.86. The van der Waals surface area contributed by atoms with Crippen molar-refractivity contribution < 1.29 is 18.3 Å². The van der Waals surface area contributed by atoms with E-state index >= 15 is 0 Å². The van der Waals surface area contributed by atoms with Crippen molar-refractivity contribution in [1.82, 2.24) is 4.98 Å². The highest BCUT2D eigenvalue weighted by atomic mass is 79.9. The third-order valence-corrected chi connectivity index (χ3v) is 3.34. The lowest BCUT2D eigenvalue weighted by Crippen LogP contribution is -2.05. The number of hydrogen-bond donors (Lipinski definition) is 0. The van der Waals surface area contributed by atoms with E-state index in [4.69, 9.17) is 9.15 Å². The quantitative estimate of drug-likeness (QED) is 0.789. The summed E-state index contributed by atoms with van der Waals surface area (Å²) >= 11 is 3.31. The second kappa shape index (κ2) is 6.17. The van der Waals surface area contributed by atoms with E-state index in [2.05, 4.69) is 20.9 Å². The molecule has 0 unspecified atom stereocenters. The van der Waals surface area contributed by atoms with Crippen molar-refractivity contribution in [3.8, 4) is 11.5 Å². The first-order valence-corrected chi connectivity index (χ1v) is 6.98. The molecule has 0 amide bonds. The van der Waals surface area contributed by atoms with Gasteiger partial charge in [-0.2, -0.15) is 0 Å². The third-order valence-electron chi connectivity index (χ3n) is 2.65. The van der Waals surface area contributed by atoms with Crippen molar-refractivity contribution in [2.24, 2.45) is 0 Å². The van der Waals surface area contributed by atoms with Gasteiger partial charge in [0.15, 0.2) is 0 Å². The zero-order chi connectivity index (χ0) is 14.7. The number of carbonyl (C=O) groups excluding carboxylic acids is 1. The molecule has 0 saturated heterocycles. The Morgan fingerprint density at radius 3 is 2.85 bits per heavy atom. The second-order valence-corrected chi connectivity index (χ2v) is 4.85. The van der Waals surface area contributed by atoms with Crippen LogP contribution in [0.3, 0.4) is 0 Å². The summed E-state index contributed by atoms with van der Waals surface area (Å²) in [6.07, 6.45) is 0.518. The Balaban J connectivity index is 2.48. The maximum atomic E-state index is 13.3. The van der Waals surface area contributed by atoms with E-state index in [9.17, 15) is 9.18 Å². The van der Waals surface area contributed by atoms with Crippen LogP contribution in [0.5, 0.6) is 0 Å². The number of aromatic nitrogens is 1. The van der Waals surface area contributed by atoms with Crippen molar-refractivity contribution in [2.45, 2.75) is 20.3 Å². The maximum absolute atomic E-state index is 13.3. The van der Waals surface area contributed by atoms with Crippen LogP contribution in [0, 0.1) is 5.82 Å². The Hall–Kier alpha value is -1.69. The average molecular weight is 342 g/mol. The van der Waals surface area contributed by atoms with Crippen LogP contribution < -0.4 is 0 Å². The Bertz CT molecular complexity index is 639. The molecule has 0 spiro atoms. The molecule has 1 aromatic carbocycles. The van der Waals surface area contributed by atoms with Gasteiger partial charge in [-0.15, -0.1) is 0 Å². The highest BCUT2D eigenvalue weighted by Gasteiger charge is 2.22. The molecule has 2 rings (SSSR count). The first-order valence-electron chi connectivity index (χ1n) is 6.19. The van der Waals surface area contributed by atoms with Gasteiger partial charge in [0.1, 0.15) is 5.82 Å². The van der Waals surface area contributed by atoms with Gasteiger partial charge >= 0.3 is 5.97 Å². The van der Waals surface area contributed by atoms with Crippen LogP contribution in [0.25, 0.3) is 11.5 Å². The molecule has 0 aliphatic heterocycles. The number of rotatable bonds is 4. The first-order chi connectivity index (χ1) is 9.56. The predicted molar refractivity (Wildman–Crippen MR) is 74.9 cm³/mol. The summed E-state index contributed by atoms with van der Waals surface area (Å²) in [6.45, 7) is 3.82. The Kier molecular flexibility index (Phi) is 4.54. The lowest BCUT2D eigenvalue weighted by Gasteiger charge is -2.00. The van der Waals surface area contributed by atoms with Crippen LogP contribution >= 0.6 is 15.9 Å². The minimum atomic E-state index is -0.560. The smallest absolute Gasteiger partial charge is 0.376 e. The normalized spacial score (nSPS) is 10.6. The molecular formula is C14H13BrFNO3. The zero-order valence-corrected chi connectivity index (χ0v) is 12.7. The number of ether oxygens (including phenoxy) is 1. The van der Waals surface area contributed by atoms with Gasteiger partial charge in [-0.25, -0.2) is 14.2 Å². The van der Waals surface area contributed by atoms with Crippen LogP contribution in [0.1, 0.15) is 30.1 Å². The van der Waals surface area contributed by atoms with E-state index in [0.29, 0.717) is 22.2 Å². The highest BCUT2D eigenvalue weighted by Crippen LogP contribution is 2.30. The fourth-order valence-corrected chi connectivity index (χ4v) is 2.14. The number of halogens is 2. The highest BCUT2D eigenvalue weighted by molar-refractivity contribution is 9.10. The van der Waals surface area contributed by atoms with Crippen molar-refractivity contribution in [3.05, 3.63) is 39.9 Å². The Labute approximate surface area is 124 Å². The summed E-state index contributed by atoms with van der Waals surface area (Å²) < 4.78 is 24.3. The molecule has 0 aliphatic rings. The van der Waals surface area contributed by atoms with Crippen molar-refractivity contribution in [3.63, 3.8) is 0 Å². The van der Waals surface area contributed by atoms with Crippen molar-refractivity contribution >= 4 is 21.9 Å². The van der Waals surface area contributed by atoms with Gasteiger partial charge in [-0.1, -0.05) is 6.92 Å². The topological polar surface area (TPSA) is 52.3 Å². The molecular weight excluding hydrogens is 329 g/mol. The fraction of sp³-hybridized carbons (Fsp3) is 0.286. The minimum absolute atomic E-state index is 0.0699. The number of carbonyl (C=O) groups is 1. The summed E-state index contributed by atoms with van der Waals surface area (Å²) in [5.74, 6) is -0.704. The van der Waals surface area contributed by atoms with Crippen molar-refractivity contribution in [2.75, 3.05) is 6.61 Å². The SMILES string of the molecule is CCOC(=O)c1oc(-c2cc(F)ccc2Br)nc1CC. The van der Waals surface area contributed by atoms with Crippen LogP contribution in [-0.4, -0.2) is 17.6 Å². The number of benzene rings is 1. The second-order valence-electron chi connectivity index (χ2n) is 3.99. The summed E-state index contributed by atoms with van der Waals surface area (Å²) in [5, 5.41) is 0. The molecule has 4 nitrogen and oxygen atoms in total. The molecule has 1 aromatic heterocycles. The number of nitrogens with zero attached hydrogens (tertiary/aromatic N) is 1. The van der Waals surface area contributed by atoms with Crippen LogP contribution in [0.4, 0.5) is 4.39 Å². The molecule has 1 heterocycles. The fourth-order valence-electron chi connectivity index (χ4n) is 1.72. The van der Waals surface area contributed by atoms with Gasteiger partial charge in [-0.3, -0.25) is 0 Å². The van der Waals surface area contributed by atoms with E-state index in [-0.39, 0.29) is 18.3 Å². The molecule has 0 radical (unpaired) electrons. The molecule has 2 aromatic rings. The van der Waals surface area contributed by atoms with Crippen LogP contribution in [0.2, 0.25) is 0 Å². The molecule has 0 atom stereocenters. The molecule has 0 saturated carbocycles. The summed E-state index contributed by atoms with van der Waals surface area (Å²) in [4.78, 5) is 16.0. The zero-order valence-electron chi connectivity index (χ0n) is 11.1.